The Hall–Kier alpha value is -3.29. The summed E-state index contributed by atoms with van der Waals surface area (Å²) in [5.74, 6) is 0.0884. The van der Waals surface area contributed by atoms with Crippen molar-refractivity contribution < 1.29 is 9.59 Å². The third kappa shape index (κ3) is 6.18. The minimum atomic E-state index is -0.239. The van der Waals surface area contributed by atoms with E-state index in [1.807, 2.05) is 49.4 Å². The number of pyridine rings is 1. The molecule has 0 saturated carbocycles. The Balaban J connectivity index is 1.40. The molecule has 2 amide bonds. The highest BCUT2D eigenvalue weighted by Crippen LogP contribution is 2.16. The summed E-state index contributed by atoms with van der Waals surface area (Å²) in [5.41, 5.74) is 9.45. The Bertz CT molecular complexity index is 1130. The van der Waals surface area contributed by atoms with Crippen molar-refractivity contribution in [1.29, 1.82) is 0 Å². The van der Waals surface area contributed by atoms with E-state index in [4.69, 9.17) is 5.73 Å². The molecule has 1 aromatic heterocycles. The number of hydrogen-bond donors (Lipinski definition) is 4. The van der Waals surface area contributed by atoms with Gasteiger partial charge in [0.25, 0.3) is 5.91 Å². The van der Waals surface area contributed by atoms with Crippen molar-refractivity contribution in [1.82, 2.24) is 20.9 Å². The quantitative estimate of drug-likeness (QED) is 0.393. The van der Waals surface area contributed by atoms with E-state index in [1.54, 1.807) is 6.20 Å². The monoisotopic (exact) mass is 459 g/mol. The molecule has 1 aliphatic heterocycles. The van der Waals surface area contributed by atoms with Gasteiger partial charge in [0.2, 0.25) is 5.91 Å². The van der Waals surface area contributed by atoms with Gasteiger partial charge < -0.3 is 21.7 Å². The molecule has 7 nitrogen and oxygen atoms in total. The maximum Gasteiger partial charge on any atom is 0.252 e. The van der Waals surface area contributed by atoms with E-state index in [-0.39, 0.29) is 23.9 Å². The van der Waals surface area contributed by atoms with Gasteiger partial charge in [-0.1, -0.05) is 42.0 Å². The molecule has 2 aromatic carbocycles. The molecule has 34 heavy (non-hydrogen) atoms. The van der Waals surface area contributed by atoms with E-state index < -0.39 is 0 Å². The number of aryl methyl sites for hydroxylation is 2. The van der Waals surface area contributed by atoms with E-state index in [0.29, 0.717) is 24.6 Å². The number of fused-ring (bicyclic) bond motifs is 1. The summed E-state index contributed by atoms with van der Waals surface area (Å²) in [4.78, 5) is 30.2. The highest BCUT2D eigenvalue weighted by molar-refractivity contribution is 5.97. The lowest BCUT2D eigenvalue weighted by Crippen LogP contribution is -2.49. The van der Waals surface area contributed by atoms with Crippen LogP contribution in [0.3, 0.4) is 0 Å². The van der Waals surface area contributed by atoms with Crippen LogP contribution in [0.25, 0.3) is 10.9 Å². The van der Waals surface area contributed by atoms with Gasteiger partial charge in [0, 0.05) is 24.2 Å². The molecule has 5 N–H and O–H groups in total. The van der Waals surface area contributed by atoms with Crippen molar-refractivity contribution in [2.24, 2.45) is 11.7 Å². The molecule has 0 aliphatic carbocycles. The molecule has 1 aliphatic rings. The van der Waals surface area contributed by atoms with Gasteiger partial charge in [0.15, 0.2) is 0 Å². The van der Waals surface area contributed by atoms with Crippen LogP contribution in [0.1, 0.15) is 34.3 Å². The molecule has 1 saturated heterocycles. The molecule has 178 valence electrons. The number of benzene rings is 2. The SMILES string of the molecule is Cc1ccc2ncc(C(=O)NC[C@@H](CCc3ccccc3)NC(=O)[C@H]3C[C@H](CN)CN3)cc2c1. The van der Waals surface area contributed by atoms with Crippen LogP contribution < -0.4 is 21.7 Å². The molecule has 3 atom stereocenters. The summed E-state index contributed by atoms with van der Waals surface area (Å²) in [5, 5.41) is 10.3. The van der Waals surface area contributed by atoms with Crippen molar-refractivity contribution in [2.75, 3.05) is 19.6 Å². The maximum absolute atomic E-state index is 12.9. The first-order chi connectivity index (χ1) is 16.5. The highest BCUT2D eigenvalue weighted by Gasteiger charge is 2.29. The van der Waals surface area contributed by atoms with Crippen molar-refractivity contribution in [3.8, 4) is 0 Å². The summed E-state index contributed by atoms with van der Waals surface area (Å²) in [7, 11) is 0. The maximum atomic E-state index is 12.9. The fraction of sp³-hybridized carbons (Fsp3) is 0.370. The predicted octanol–water partition coefficient (Wildman–Crippen LogP) is 2.33. The van der Waals surface area contributed by atoms with Gasteiger partial charge in [-0.05, 0) is 69.0 Å². The molecular formula is C27H33N5O2. The Morgan fingerprint density at radius 3 is 2.76 bits per heavy atom. The van der Waals surface area contributed by atoms with Crippen LogP contribution in [-0.4, -0.2) is 48.5 Å². The first kappa shape index (κ1) is 23.9. The molecule has 1 fully saturated rings. The fourth-order valence-electron chi connectivity index (χ4n) is 4.39. The first-order valence-corrected chi connectivity index (χ1v) is 11.9. The normalized spacial score (nSPS) is 18.5. The molecule has 7 heteroatoms. The number of nitrogens with zero attached hydrogens (tertiary/aromatic N) is 1. The number of carbonyl (C=O) groups excluding carboxylic acids is 2. The second kappa shape index (κ2) is 11.2. The largest absolute Gasteiger partial charge is 0.350 e. The van der Waals surface area contributed by atoms with E-state index in [0.717, 1.165) is 42.3 Å². The average molecular weight is 460 g/mol. The average Bonchev–Trinajstić information content (AvgIpc) is 3.35. The predicted molar refractivity (Wildman–Crippen MR) is 134 cm³/mol. The van der Waals surface area contributed by atoms with E-state index in [2.05, 4.69) is 33.1 Å². The smallest absolute Gasteiger partial charge is 0.252 e. The lowest BCUT2D eigenvalue weighted by Gasteiger charge is -2.22. The number of nitrogens with one attached hydrogen (secondary N) is 3. The highest BCUT2D eigenvalue weighted by atomic mass is 16.2. The van der Waals surface area contributed by atoms with Crippen molar-refractivity contribution >= 4 is 22.7 Å². The lowest BCUT2D eigenvalue weighted by molar-refractivity contribution is -0.123. The van der Waals surface area contributed by atoms with Crippen LogP contribution in [0, 0.1) is 12.8 Å². The Morgan fingerprint density at radius 2 is 2.00 bits per heavy atom. The Morgan fingerprint density at radius 1 is 1.18 bits per heavy atom. The van der Waals surface area contributed by atoms with Gasteiger partial charge in [-0.3, -0.25) is 14.6 Å². The zero-order valence-corrected chi connectivity index (χ0v) is 19.6. The summed E-state index contributed by atoms with van der Waals surface area (Å²) in [6.45, 7) is 3.69. The number of aromatic nitrogens is 1. The van der Waals surface area contributed by atoms with Crippen molar-refractivity contribution in [3.63, 3.8) is 0 Å². The molecular weight excluding hydrogens is 426 g/mol. The van der Waals surface area contributed by atoms with Gasteiger partial charge in [0.05, 0.1) is 17.1 Å². The van der Waals surface area contributed by atoms with Crippen LogP contribution in [0.5, 0.6) is 0 Å². The van der Waals surface area contributed by atoms with Crippen LogP contribution in [-0.2, 0) is 11.2 Å². The number of rotatable bonds is 9. The minimum absolute atomic E-state index is 0.0360. The number of carbonyl (C=O) groups is 2. The summed E-state index contributed by atoms with van der Waals surface area (Å²) < 4.78 is 0. The topological polar surface area (TPSA) is 109 Å². The third-order valence-corrected chi connectivity index (χ3v) is 6.45. The number of nitrogens with two attached hydrogens (primary N) is 1. The van der Waals surface area contributed by atoms with Gasteiger partial charge >= 0.3 is 0 Å². The second-order valence-corrected chi connectivity index (χ2v) is 9.16. The van der Waals surface area contributed by atoms with Gasteiger partial charge in [-0.2, -0.15) is 0 Å². The number of hydrogen-bond acceptors (Lipinski definition) is 5. The molecule has 0 unspecified atom stereocenters. The van der Waals surface area contributed by atoms with Crippen LogP contribution >= 0.6 is 0 Å². The summed E-state index contributed by atoms with van der Waals surface area (Å²) in [6, 6.07) is 17.6. The van der Waals surface area contributed by atoms with Crippen LogP contribution in [0.2, 0.25) is 0 Å². The van der Waals surface area contributed by atoms with E-state index in [1.165, 1.54) is 5.56 Å². The zero-order valence-electron chi connectivity index (χ0n) is 19.6. The molecule has 0 spiro atoms. The Kier molecular flexibility index (Phi) is 7.87. The fourth-order valence-corrected chi connectivity index (χ4v) is 4.39. The zero-order chi connectivity index (χ0) is 23.9. The van der Waals surface area contributed by atoms with Crippen molar-refractivity contribution in [2.45, 2.75) is 38.3 Å². The summed E-state index contributed by atoms with van der Waals surface area (Å²) >= 11 is 0. The third-order valence-electron chi connectivity index (χ3n) is 6.45. The first-order valence-electron chi connectivity index (χ1n) is 11.9. The molecule has 3 aromatic rings. The lowest BCUT2D eigenvalue weighted by atomic mass is 10.0. The van der Waals surface area contributed by atoms with Gasteiger partial charge in [0.1, 0.15) is 0 Å². The minimum Gasteiger partial charge on any atom is -0.350 e. The van der Waals surface area contributed by atoms with Gasteiger partial charge in [-0.25, -0.2) is 0 Å². The second-order valence-electron chi connectivity index (χ2n) is 9.16. The summed E-state index contributed by atoms with van der Waals surface area (Å²) in [6.07, 6.45) is 3.86. The van der Waals surface area contributed by atoms with E-state index in [9.17, 15) is 9.59 Å². The van der Waals surface area contributed by atoms with Crippen molar-refractivity contribution in [3.05, 3.63) is 77.5 Å². The molecule has 0 radical (unpaired) electrons. The van der Waals surface area contributed by atoms with Gasteiger partial charge in [-0.15, -0.1) is 0 Å². The molecule has 0 bridgehead atoms. The van der Waals surface area contributed by atoms with Crippen LogP contribution in [0.4, 0.5) is 0 Å². The number of amides is 2. The Labute approximate surface area is 200 Å². The molecule has 2 heterocycles. The molecule has 4 rings (SSSR count). The van der Waals surface area contributed by atoms with E-state index >= 15 is 0 Å². The van der Waals surface area contributed by atoms with Crippen LogP contribution in [0.15, 0.2) is 60.8 Å². The standard InChI is InChI=1S/C27H33N5O2/c1-18-7-10-24-21(11-18)13-22(16-30-24)26(33)31-17-23(9-8-19-5-3-2-4-6-19)32-27(34)25-12-20(14-28)15-29-25/h2-7,10-11,13,16,20,23,25,29H,8-9,12,14-15,17,28H2,1H3,(H,31,33)(H,32,34)/t20-,23-,25-/m1/s1.